The van der Waals surface area contributed by atoms with Crippen molar-refractivity contribution in [2.75, 3.05) is 5.73 Å². The van der Waals surface area contributed by atoms with Gasteiger partial charge in [0.2, 0.25) is 0 Å². The van der Waals surface area contributed by atoms with Gasteiger partial charge in [-0.3, -0.25) is 0 Å². The molecule has 0 fully saturated rings. The van der Waals surface area contributed by atoms with E-state index < -0.39 is 0 Å². The van der Waals surface area contributed by atoms with E-state index in [1.807, 2.05) is 53.3 Å². The van der Waals surface area contributed by atoms with Gasteiger partial charge in [0.15, 0.2) is 0 Å². The van der Waals surface area contributed by atoms with Gasteiger partial charge in [-0.15, -0.1) is 0 Å². The molecule has 0 radical (unpaired) electrons. The molecular formula is C15H12ClN3. The van der Waals surface area contributed by atoms with Gasteiger partial charge in [0, 0.05) is 22.5 Å². The van der Waals surface area contributed by atoms with E-state index in [0.717, 1.165) is 16.9 Å². The number of halogens is 1. The summed E-state index contributed by atoms with van der Waals surface area (Å²) < 4.78 is 1.82. The van der Waals surface area contributed by atoms with Crippen LogP contribution in [0.3, 0.4) is 0 Å². The average Bonchev–Trinajstić information content (AvgIpc) is 2.92. The lowest BCUT2D eigenvalue weighted by Crippen LogP contribution is -1.95. The van der Waals surface area contributed by atoms with E-state index >= 15 is 0 Å². The first-order valence-corrected chi connectivity index (χ1v) is 6.28. The Bertz CT molecular complexity index is 704. The molecule has 94 valence electrons. The highest BCUT2D eigenvalue weighted by molar-refractivity contribution is 6.31. The van der Waals surface area contributed by atoms with Gasteiger partial charge < -0.3 is 5.73 Å². The van der Waals surface area contributed by atoms with Crippen molar-refractivity contribution in [3.63, 3.8) is 0 Å². The Kier molecular flexibility index (Phi) is 2.97. The van der Waals surface area contributed by atoms with E-state index in [9.17, 15) is 0 Å². The van der Waals surface area contributed by atoms with Gasteiger partial charge in [0.25, 0.3) is 0 Å². The number of hydrogen-bond donors (Lipinski definition) is 1. The van der Waals surface area contributed by atoms with E-state index in [1.165, 1.54) is 0 Å². The maximum atomic E-state index is 6.00. The largest absolute Gasteiger partial charge is 0.398 e. The normalized spacial score (nSPS) is 10.6. The molecule has 0 aliphatic heterocycles. The maximum absolute atomic E-state index is 6.00. The molecule has 0 saturated carbocycles. The number of nitrogens with two attached hydrogens (primary N) is 1. The van der Waals surface area contributed by atoms with Gasteiger partial charge in [0.05, 0.1) is 11.4 Å². The molecule has 0 atom stereocenters. The SMILES string of the molecule is Nc1ccc(Cl)cc1-c1ccn(-c2ccccc2)n1. The first kappa shape index (κ1) is 11.8. The smallest absolute Gasteiger partial charge is 0.0948 e. The Morgan fingerprint density at radius 2 is 1.79 bits per heavy atom. The topological polar surface area (TPSA) is 43.8 Å². The monoisotopic (exact) mass is 269 g/mol. The molecule has 0 aliphatic rings. The molecule has 0 saturated heterocycles. The molecule has 0 aliphatic carbocycles. The Balaban J connectivity index is 2.04. The first-order chi connectivity index (χ1) is 9.24. The summed E-state index contributed by atoms with van der Waals surface area (Å²) in [6, 6.07) is 17.2. The number of benzene rings is 2. The van der Waals surface area contributed by atoms with Gasteiger partial charge in [-0.1, -0.05) is 29.8 Å². The summed E-state index contributed by atoms with van der Waals surface area (Å²) in [6.07, 6.45) is 1.91. The molecule has 19 heavy (non-hydrogen) atoms. The van der Waals surface area contributed by atoms with Crippen molar-refractivity contribution in [2.24, 2.45) is 0 Å². The van der Waals surface area contributed by atoms with Crippen LogP contribution in [0.2, 0.25) is 5.02 Å². The highest BCUT2D eigenvalue weighted by Gasteiger charge is 2.07. The molecule has 0 bridgehead atoms. The van der Waals surface area contributed by atoms with E-state index in [4.69, 9.17) is 17.3 Å². The molecule has 3 rings (SSSR count). The summed E-state index contributed by atoms with van der Waals surface area (Å²) in [5.74, 6) is 0. The molecule has 4 heteroatoms. The summed E-state index contributed by atoms with van der Waals surface area (Å²) in [7, 11) is 0. The highest BCUT2D eigenvalue weighted by Crippen LogP contribution is 2.27. The van der Waals surface area contributed by atoms with Crippen LogP contribution in [0.15, 0.2) is 60.8 Å². The summed E-state index contributed by atoms with van der Waals surface area (Å²) in [4.78, 5) is 0. The summed E-state index contributed by atoms with van der Waals surface area (Å²) in [5, 5.41) is 5.18. The molecule has 2 aromatic carbocycles. The van der Waals surface area contributed by atoms with Crippen LogP contribution in [0, 0.1) is 0 Å². The second kappa shape index (κ2) is 4.78. The van der Waals surface area contributed by atoms with Gasteiger partial charge in [0.1, 0.15) is 0 Å². The van der Waals surface area contributed by atoms with Crippen LogP contribution >= 0.6 is 11.6 Å². The fourth-order valence-electron chi connectivity index (χ4n) is 1.94. The quantitative estimate of drug-likeness (QED) is 0.720. The molecule has 2 N–H and O–H groups in total. The van der Waals surface area contributed by atoms with Crippen molar-refractivity contribution in [3.8, 4) is 16.9 Å². The van der Waals surface area contributed by atoms with Crippen LogP contribution < -0.4 is 5.73 Å². The zero-order valence-electron chi connectivity index (χ0n) is 10.1. The third-order valence-corrected chi connectivity index (χ3v) is 3.14. The van der Waals surface area contributed by atoms with Crippen LogP contribution in [-0.4, -0.2) is 9.78 Å². The zero-order valence-corrected chi connectivity index (χ0v) is 10.9. The molecule has 0 unspecified atom stereocenters. The average molecular weight is 270 g/mol. The van der Waals surface area contributed by atoms with Gasteiger partial charge in [-0.05, 0) is 36.4 Å². The highest BCUT2D eigenvalue weighted by atomic mass is 35.5. The van der Waals surface area contributed by atoms with E-state index in [0.29, 0.717) is 10.7 Å². The van der Waals surface area contributed by atoms with Gasteiger partial charge in [-0.25, -0.2) is 4.68 Å². The predicted molar refractivity (Wildman–Crippen MR) is 78.4 cm³/mol. The third kappa shape index (κ3) is 2.33. The molecule has 0 amide bonds. The standard InChI is InChI=1S/C15H12ClN3/c16-11-6-7-14(17)13(10-11)15-8-9-19(18-15)12-4-2-1-3-5-12/h1-10H,17H2. The van der Waals surface area contributed by atoms with Crippen molar-refractivity contribution in [1.29, 1.82) is 0 Å². The Labute approximate surface area is 116 Å². The van der Waals surface area contributed by atoms with Gasteiger partial charge >= 0.3 is 0 Å². The fraction of sp³-hybridized carbons (Fsp3) is 0. The van der Waals surface area contributed by atoms with E-state index in [2.05, 4.69) is 5.10 Å². The van der Waals surface area contributed by atoms with Gasteiger partial charge in [-0.2, -0.15) is 5.10 Å². The van der Waals surface area contributed by atoms with Crippen LogP contribution in [0.25, 0.3) is 16.9 Å². The molecule has 3 aromatic rings. The van der Waals surface area contributed by atoms with Crippen LogP contribution in [0.1, 0.15) is 0 Å². The van der Waals surface area contributed by atoms with Crippen molar-refractivity contribution in [3.05, 3.63) is 65.8 Å². The molecule has 1 aromatic heterocycles. The summed E-state index contributed by atoms with van der Waals surface area (Å²) >= 11 is 6.00. The fourth-order valence-corrected chi connectivity index (χ4v) is 2.11. The number of anilines is 1. The Morgan fingerprint density at radius 3 is 2.58 bits per heavy atom. The lowest BCUT2D eigenvalue weighted by molar-refractivity contribution is 0.884. The van der Waals surface area contributed by atoms with Crippen LogP contribution in [-0.2, 0) is 0 Å². The van der Waals surface area contributed by atoms with E-state index in [1.54, 1.807) is 12.1 Å². The van der Waals surface area contributed by atoms with Crippen molar-refractivity contribution in [1.82, 2.24) is 9.78 Å². The number of aromatic nitrogens is 2. The number of hydrogen-bond acceptors (Lipinski definition) is 2. The maximum Gasteiger partial charge on any atom is 0.0948 e. The first-order valence-electron chi connectivity index (χ1n) is 5.90. The van der Waals surface area contributed by atoms with Crippen LogP contribution in [0.4, 0.5) is 5.69 Å². The van der Waals surface area contributed by atoms with Crippen molar-refractivity contribution >= 4 is 17.3 Å². The predicted octanol–water partition coefficient (Wildman–Crippen LogP) is 3.77. The third-order valence-electron chi connectivity index (χ3n) is 2.90. The molecule has 1 heterocycles. The number of rotatable bonds is 2. The molecule has 3 nitrogen and oxygen atoms in total. The lowest BCUT2D eigenvalue weighted by Gasteiger charge is -2.03. The lowest BCUT2D eigenvalue weighted by atomic mass is 10.1. The Morgan fingerprint density at radius 1 is 1.00 bits per heavy atom. The van der Waals surface area contributed by atoms with Crippen molar-refractivity contribution in [2.45, 2.75) is 0 Å². The minimum Gasteiger partial charge on any atom is -0.398 e. The minimum atomic E-state index is 0.651. The van der Waals surface area contributed by atoms with Crippen LogP contribution in [0.5, 0.6) is 0 Å². The van der Waals surface area contributed by atoms with Crippen molar-refractivity contribution < 1.29 is 0 Å². The second-order valence-corrected chi connectivity index (χ2v) is 4.65. The van der Waals surface area contributed by atoms with E-state index in [-0.39, 0.29) is 0 Å². The molecular weight excluding hydrogens is 258 g/mol. The summed E-state index contributed by atoms with van der Waals surface area (Å²) in [5.41, 5.74) is 9.30. The Hall–Kier alpha value is -2.26. The summed E-state index contributed by atoms with van der Waals surface area (Å²) in [6.45, 7) is 0. The number of nitrogens with zero attached hydrogens (tertiary/aromatic N) is 2. The second-order valence-electron chi connectivity index (χ2n) is 4.21. The number of nitrogen functional groups attached to an aromatic ring is 1. The number of para-hydroxylation sites is 1. The zero-order chi connectivity index (χ0) is 13.2. The minimum absolute atomic E-state index is 0.651. The molecule has 0 spiro atoms.